The molecule has 1 aliphatic rings. The van der Waals surface area contributed by atoms with Crippen LogP contribution < -0.4 is 5.32 Å². The summed E-state index contributed by atoms with van der Waals surface area (Å²) >= 11 is 5.24. The summed E-state index contributed by atoms with van der Waals surface area (Å²) in [6.45, 7) is 1.98. The van der Waals surface area contributed by atoms with Crippen LogP contribution >= 0.6 is 27.3 Å². The molecular weight excluding hydrogens is 286 g/mol. The van der Waals surface area contributed by atoms with E-state index in [2.05, 4.69) is 32.7 Å². The molecule has 0 amide bonds. The third-order valence-corrected chi connectivity index (χ3v) is 4.81. The molecule has 2 rings (SSSR count). The number of rotatable bonds is 4. The summed E-state index contributed by atoms with van der Waals surface area (Å²) in [5, 5.41) is 15.2. The van der Waals surface area contributed by atoms with E-state index in [1.165, 1.54) is 22.2 Å². The number of aliphatic hydroxyl groups excluding tert-OH is 1. The van der Waals surface area contributed by atoms with Crippen molar-refractivity contribution < 1.29 is 5.11 Å². The van der Waals surface area contributed by atoms with Crippen LogP contribution in [-0.2, 0) is 6.54 Å². The molecule has 0 radical (unpaired) electrons. The summed E-state index contributed by atoms with van der Waals surface area (Å²) in [5.41, 5.74) is 0. The molecule has 4 heteroatoms. The molecule has 2 N–H and O–H groups in total. The fourth-order valence-corrected chi connectivity index (χ4v) is 3.71. The fraction of sp³-hybridized carbons (Fsp3) is 0.667. The van der Waals surface area contributed by atoms with Crippen molar-refractivity contribution in [3.05, 3.63) is 20.8 Å². The van der Waals surface area contributed by atoms with Crippen molar-refractivity contribution in [2.75, 3.05) is 6.54 Å². The zero-order valence-corrected chi connectivity index (χ0v) is 11.7. The molecule has 0 spiro atoms. The summed E-state index contributed by atoms with van der Waals surface area (Å²) in [6, 6.07) is 2.16. The Morgan fingerprint density at radius 2 is 2.38 bits per heavy atom. The van der Waals surface area contributed by atoms with Gasteiger partial charge in [-0.2, -0.15) is 0 Å². The Balaban J connectivity index is 1.67. The monoisotopic (exact) mass is 303 g/mol. The molecule has 2 unspecified atom stereocenters. The molecule has 1 aromatic rings. The molecule has 2 atom stereocenters. The molecule has 1 fully saturated rings. The van der Waals surface area contributed by atoms with E-state index in [4.69, 9.17) is 0 Å². The fourth-order valence-electron chi connectivity index (χ4n) is 2.29. The highest BCUT2D eigenvalue weighted by molar-refractivity contribution is 9.10. The molecule has 0 saturated heterocycles. The average Bonchev–Trinajstić information content (AvgIpc) is 2.64. The molecule has 1 aromatic heterocycles. The Kier molecular flexibility index (Phi) is 4.82. The molecule has 0 aliphatic heterocycles. The van der Waals surface area contributed by atoms with E-state index in [-0.39, 0.29) is 6.10 Å². The third-order valence-electron chi connectivity index (χ3n) is 3.11. The minimum Gasteiger partial charge on any atom is -0.393 e. The molecular formula is C12H18BrNOS. The Morgan fingerprint density at radius 1 is 1.50 bits per heavy atom. The zero-order valence-electron chi connectivity index (χ0n) is 9.29. The van der Waals surface area contributed by atoms with E-state index in [0.717, 1.165) is 25.9 Å². The van der Waals surface area contributed by atoms with Crippen molar-refractivity contribution in [1.29, 1.82) is 0 Å². The van der Waals surface area contributed by atoms with Gasteiger partial charge in [-0.3, -0.25) is 0 Å². The van der Waals surface area contributed by atoms with Crippen LogP contribution in [0.2, 0.25) is 0 Å². The van der Waals surface area contributed by atoms with Gasteiger partial charge in [-0.1, -0.05) is 6.42 Å². The first-order valence-corrected chi connectivity index (χ1v) is 7.53. The van der Waals surface area contributed by atoms with E-state index in [1.54, 1.807) is 11.3 Å². The summed E-state index contributed by atoms with van der Waals surface area (Å²) in [7, 11) is 0. The zero-order chi connectivity index (χ0) is 11.4. The lowest BCUT2D eigenvalue weighted by molar-refractivity contribution is 0.101. The second-order valence-electron chi connectivity index (χ2n) is 4.55. The van der Waals surface area contributed by atoms with E-state index in [1.807, 2.05) is 0 Å². The number of thiophene rings is 1. The van der Waals surface area contributed by atoms with Gasteiger partial charge in [0.1, 0.15) is 0 Å². The first kappa shape index (κ1) is 12.6. The van der Waals surface area contributed by atoms with Crippen LogP contribution in [0.3, 0.4) is 0 Å². The lowest BCUT2D eigenvalue weighted by Crippen LogP contribution is -2.28. The number of hydrogen-bond acceptors (Lipinski definition) is 3. The Hall–Kier alpha value is 0.1000. The Morgan fingerprint density at radius 3 is 3.06 bits per heavy atom. The molecule has 2 nitrogen and oxygen atoms in total. The van der Waals surface area contributed by atoms with Crippen LogP contribution in [0, 0.1) is 5.92 Å². The van der Waals surface area contributed by atoms with Gasteiger partial charge in [-0.05, 0) is 53.7 Å². The van der Waals surface area contributed by atoms with Crippen LogP contribution in [0.25, 0.3) is 0 Å². The van der Waals surface area contributed by atoms with Crippen LogP contribution in [0.1, 0.15) is 30.6 Å². The maximum absolute atomic E-state index is 9.57. The number of aliphatic hydroxyl groups is 1. The molecule has 0 aromatic carbocycles. The third kappa shape index (κ3) is 3.84. The topological polar surface area (TPSA) is 32.3 Å². The maximum atomic E-state index is 9.57. The van der Waals surface area contributed by atoms with E-state index < -0.39 is 0 Å². The van der Waals surface area contributed by atoms with Crippen molar-refractivity contribution in [3.8, 4) is 0 Å². The normalized spacial score (nSPS) is 25.9. The van der Waals surface area contributed by atoms with Gasteiger partial charge in [0.2, 0.25) is 0 Å². The number of halogens is 1. The molecule has 1 heterocycles. The van der Waals surface area contributed by atoms with Gasteiger partial charge < -0.3 is 10.4 Å². The van der Waals surface area contributed by atoms with Gasteiger partial charge in [0, 0.05) is 21.3 Å². The lowest BCUT2D eigenvalue weighted by Gasteiger charge is -2.25. The van der Waals surface area contributed by atoms with Crippen LogP contribution in [0.5, 0.6) is 0 Å². The molecule has 16 heavy (non-hydrogen) atoms. The van der Waals surface area contributed by atoms with Crippen molar-refractivity contribution >= 4 is 27.3 Å². The summed E-state index contributed by atoms with van der Waals surface area (Å²) in [6.07, 6.45) is 4.35. The van der Waals surface area contributed by atoms with Gasteiger partial charge in [0.25, 0.3) is 0 Å². The summed E-state index contributed by atoms with van der Waals surface area (Å²) in [4.78, 5) is 1.36. The largest absolute Gasteiger partial charge is 0.393 e. The van der Waals surface area contributed by atoms with Crippen molar-refractivity contribution in [1.82, 2.24) is 5.32 Å². The van der Waals surface area contributed by atoms with Crippen LogP contribution in [-0.4, -0.2) is 17.8 Å². The Bertz CT molecular complexity index is 329. The highest BCUT2D eigenvalue weighted by atomic mass is 79.9. The van der Waals surface area contributed by atoms with Crippen LogP contribution in [0.15, 0.2) is 15.9 Å². The smallest absolute Gasteiger partial charge is 0.0543 e. The van der Waals surface area contributed by atoms with Crippen LogP contribution in [0.4, 0.5) is 0 Å². The minimum atomic E-state index is -0.0589. The first-order valence-electron chi connectivity index (χ1n) is 5.85. The molecule has 0 bridgehead atoms. The van der Waals surface area contributed by atoms with Crippen molar-refractivity contribution in [3.63, 3.8) is 0 Å². The highest BCUT2D eigenvalue weighted by Gasteiger charge is 2.19. The number of nitrogens with one attached hydrogen (secondary N) is 1. The van der Waals surface area contributed by atoms with Gasteiger partial charge in [0.15, 0.2) is 0 Å². The second-order valence-corrected chi connectivity index (χ2v) is 6.46. The summed E-state index contributed by atoms with van der Waals surface area (Å²) < 4.78 is 1.17. The molecule has 90 valence electrons. The SMILES string of the molecule is OC1CCCC(CNCc2cc(Br)cs2)C1. The standard InChI is InChI=1S/C12H18BrNOS/c13-10-5-12(16-8-10)7-14-6-9-2-1-3-11(15)4-9/h5,8-9,11,14-15H,1-4,6-7H2. The quantitative estimate of drug-likeness (QED) is 0.895. The predicted octanol–water partition coefficient (Wildman–Crippen LogP) is 3.15. The van der Waals surface area contributed by atoms with E-state index in [9.17, 15) is 5.11 Å². The van der Waals surface area contributed by atoms with Crippen molar-refractivity contribution in [2.45, 2.75) is 38.3 Å². The lowest BCUT2D eigenvalue weighted by atomic mass is 9.87. The predicted molar refractivity (Wildman–Crippen MR) is 71.7 cm³/mol. The van der Waals surface area contributed by atoms with Gasteiger partial charge in [-0.25, -0.2) is 0 Å². The Labute approximate surface area is 109 Å². The van der Waals surface area contributed by atoms with E-state index in [0.29, 0.717) is 5.92 Å². The second kappa shape index (κ2) is 6.15. The van der Waals surface area contributed by atoms with E-state index >= 15 is 0 Å². The van der Waals surface area contributed by atoms with Gasteiger partial charge in [0.05, 0.1) is 6.10 Å². The summed E-state index contributed by atoms with van der Waals surface area (Å²) in [5.74, 6) is 0.659. The molecule has 1 saturated carbocycles. The molecule has 1 aliphatic carbocycles. The average molecular weight is 304 g/mol. The minimum absolute atomic E-state index is 0.0589. The van der Waals surface area contributed by atoms with Gasteiger partial charge in [-0.15, -0.1) is 11.3 Å². The van der Waals surface area contributed by atoms with Gasteiger partial charge >= 0.3 is 0 Å². The highest BCUT2D eigenvalue weighted by Crippen LogP contribution is 2.24. The maximum Gasteiger partial charge on any atom is 0.0543 e. The first-order chi connectivity index (χ1) is 7.74. The number of hydrogen-bond donors (Lipinski definition) is 2. The van der Waals surface area contributed by atoms with Crippen molar-refractivity contribution in [2.24, 2.45) is 5.92 Å².